The standard InChI is InChI=1S/C14H22N2O2/c1-2-11-9-12(17)3-4-13(11)14(18)10-16-7-5-15-6-8-16/h3-4,9,14-15,17-18H,2,5-8,10H2,1H3. The molecule has 1 unspecified atom stereocenters. The first-order chi connectivity index (χ1) is 8.70. The summed E-state index contributed by atoms with van der Waals surface area (Å²) < 4.78 is 0. The molecule has 4 nitrogen and oxygen atoms in total. The molecule has 1 aliphatic rings. The Kier molecular flexibility index (Phi) is 4.58. The van der Waals surface area contributed by atoms with E-state index in [1.807, 2.05) is 13.0 Å². The van der Waals surface area contributed by atoms with E-state index in [-0.39, 0.29) is 5.75 Å². The molecule has 0 aliphatic carbocycles. The molecule has 1 saturated heterocycles. The van der Waals surface area contributed by atoms with Crippen LogP contribution < -0.4 is 5.32 Å². The topological polar surface area (TPSA) is 55.7 Å². The number of hydrogen-bond acceptors (Lipinski definition) is 4. The molecule has 1 aromatic carbocycles. The summed E-state index contributed by atoms with van der Waals surface area (Å²) in [4.78, 5) is 2.27. The zero-order valence-corrected chi connectivity index (χ0v) is 10.9. The van der Waals surface area contributed by atoms with Crippen molar-refractivity contribution >= 4 is 0 Å². The molecule has 1 atom stereocenters. The van der Waals surface area contributed by atoms with Crippen LogP contribution in [-0.2, 0) is 6.42 Å². The van der Waals surface area contributed by atoms with Crippen LogP contribution in [0, 0.1) is 0 Å². The Hall–Kier alpha value is -1.10. The van der Waals surface area contributed by atoms with Gasteiger partial charge in [0, 0.05) is 32.7 Å². The summed E-state index contributed by atoms with van der Waals surface area (Å²) >= 11 is 0. The van der Waals surface area contributed by atoms with Crippen molar-refractivity contribution in [1.82, 2.24) is 10.2 Å². The highest BCUT2D eigenvalue weighted by molar-refractivity contribution is 5.36. The van der Waals surface area contributed by atoms with Crippen LogP contribution in [0.2, 0.25) is 0 Å². The Morgan fingerprint density at radius 3 is 2.72 bits per heavy atom. The van der Waals surface area contributed by atoms with Crippen molar-refractivity contribution in [2.75, 3.05) is 32.7 Å². The van der Waals surface area contributed by atoms with Crippen LogP contribution in [0.25, 0.3) is 0 Å². The number of benzene rings is 1. The molecule has 0 spiro atoms. The third-order valence-corrected chi connectivity index (χ3v) is 3.51. The Labute approximate surface area is 108 Å². The number of aliphatic hydroxyl groups excluding tert-OH is 1. The number of nitrogens with one attached hydrogen (secondary N) is 1. The van der Waals surface area contributed by atoms with Crippen molar-refractivity contribution in [2.24, 2.45) is 0 Å². The number of nitrogens with zero attached hydrogens (tertiary/aromatic N) is 1. The lowest BCUT2D eigenvalue weighted by atomic mass is 9.99. The molecule has 18 heavy (non-hydrogen) atoms. The maximum Gasteiger partial charge on any atom is 0.115 e. The van der Waals surface area contributed by atoms with Crippen LogP contribution in [-0.4, -0.2) is 47.8 Å². The predicted octanol–water partition coefficient (Wildman–Crippen LogP) is 0.893. The largest absolute Gasteiger partial charge is 0.508 e. The first-order valence-electron chi connectivity index (χ1n) is 6.63. The maximum absolute atomic E-state index is 10.3. The van der Waals surface area contributed by atoms with E-state index in [2.05, 4.69) is 10.2 Å². The highest BCUT2D eigenvalue weighted by Crippen LogP contribution is 2.23. The van der Waals surface area contributed by atoms with Gasteiger partial charge in [-0.3, -0.25) is 4.90 Å². The van der Waals surface area contributed by atoms with E-state index in [1.54, 1.807) is 12.1 Å². The van der Waals surface area contributed by atoms with Crippen LogP contribution in [0.1, 0.15) is 24.2 Å². The molecule has 0 aromatic heterocycles. The number of β-amino-alcohol motifs (C(OH)–C–C–N with tert-alkyl or cyclic N) is 1. The third kappa shape index (κ3) is 3.22. The second kappa shape index (κ2) is 6.18. The first kappa shape index (κ1) is 13.3. The second-order valence-electron chi connectivity index (χ2n) is 4.80. The van der Waals surface area contributed by atoms with Crippen LogP contribution in [0.15, 0.2) is 18.2 Å². The normalized spacial score (nSPS) is 18.8. The summed E-state index contributed by atoms with van der Waals surface area (Å²) in [7, 11) is 0. The minimum Gasteiger partial charge on any atom is -0.508 e. The van der Waals surface area contributed by atoms with E-state index in [0.29, 0.717) is 6.54 Å². The minimum absolute atomic E-state index is 0.268. The zero-order chi connectivity index (χ0) is 13.0. The lowest BCUT2D eigenvalue weighted by Crippen LogP contribution is -2.45. The fourth-order valence-corrected chi connectivity index (χ4v) is 2.46. The van der Waals surface area contributed by atoms with Crippen LogP contribution >= 0.6 is 0 Å². The molecule has 0 saturated carbocycles. The number of phenols is 1. The maximum atomic E-state index is 10.3. The third-order valence-electron chi connectivity index (χ3n) is 3.51. The SMILES string of the molecule is CCc1cc(O)ccc1C(O)CN1CCNCC1. The zero-order valence-electron chi connectivity index (χ0n) is 10.9. The summed E-state index contributed by atoms with van der Waals surface area (Å²) in [6.07, 6.45) is 0.348. The molecule has 3 N–H and O–H groups in total. The molecule has 1 heterocycles. The number of aromatic hydroxyl groups is 1. The summed E-state index contributed by atoms with van der Waals surface area (Å²) in [5.74, 6) is 0.268. The average Bonchev–Trinajstić information content (AvgIpc) is 2.39. The highest BCUT2D eigenvalue weighted by Gasteiger charge is 2.17. The summed E-state index contributed by atoms with van der Waals surface area (Å²) in [5, 5.41) is 23.1. The Morgan fingerprint density at radius 1 is 1.33 bits per heavy atom. The Balaban J connectivity index is 2.05. The number of phenolic OH excluding ortho intramolecular Hbond substituents is 1. The molecule has 4 heteroatoms. The van der Waals surface area contributed by atoms with Gasteiger partial charge in [-0.1, -0.05) is 13.0 Å². The number of aryl methyl sites for hydroxylation is 1. The smallest absolute Gasteiger partial charge is 0.115 e. The van der Waals surface area contributed by atoms with E-state index in [4.69, 9.17) is 0 Å². The van der Waals surface area contributed by atoms with Gasteiger partial charge in [-0.15, -0.1) is 0 Å². The van der Waals surface area contributed by atoms with Gasteiger partial charge < -0.3 is 15.5 Å². The van der Waals surface area contributed by atoms with Crippen molar-refractivity contribution in [1.29, 1.82) is 0 Å². The molecule has 1 aliphatic heterocycles. The molecule has 2 rings (SSSR count). The van der Waals surface area contributed by atoms with Gasteiger partial charge in [-0.2, -0.15) is 0 Å². The summed E-state index contributed by atoms with van der Waals surface area (Å²) in [6, 6.07) is 5.23. The van der Waals surface area contributed by atoms with Crippen LogP contribution in [0.4, 0.5) is 0 Å². The Bertz CT molecular complexity index is 389. The summed E-state index contributed by atoms with van der Waals surface area (Å²) in [6.45, 7) is 6.65. The van der Waals surface area contributed by atoms with E-state index in [9.17, 15) is 10.2 Å². The first-order valence-corrected chi connectivity index (χ1v) is 6.63. The van der Waals surface area contributed by atoms with Crippen molar-refractivity contribution in [3.63, 3.8) is 0 Å². The number of rotatable bonds is 4. The minimum atomic E-state index is -0.473. The number of piperazine rings is 1. The van der Waals surface area contributed by atoms with Gasteiger partial charge in [0.05, 0.1) is 6.10 Å². The molecule has 1 aromatic rings. The second-order valence-corrected chi connectivity index (χ2v) is 4.80. The van der Waals surface area contributed by atoms with E-state index in [0.717, 1.165) is 43.7 Å². The fourth-order valence-electron chi connectivity index (χ4n) is 2.46. The Morgan fingerprint density at radius 2 is 2.06 bits per heavy atom. The highest BCUT2D eigenvalue weighted by atomic mass is 16.3. The average molecular weight is 250 g/mol. The van der Waals surface area contributed by atoms with Gasteiger partial charge in [0.15, 0.2) is 0 Å². The van der Waals surface area contributed by atoms with Gasteiger partial charge in [-0.05, 0) is 29.7 Å². The van der Waals surface area contributed by atoms with E-state index < -0.39 is 6.10 Å². The quantitative estimate of drug-likeness (QED) is 0.743. The van der Waals surface area contributed by atoms with Gasteiger partial charge in [0.1, 0.15) is 5.75 Å². The molecule has 1 fully saturated rings. The predicted molar refractivity (Wildman–Crippen MR) is 71.8 cm³/mol. The van der Waals surface area contributed by atoms with Crippen LogP contribution in [0.5, 0.6) is 5.75 Å². The number of hydrogen-bond donors (Lipinski definition) is 3. The van der Waals surface area contributed by atoms with Gasteiger partial charge in [0.2, 0.25) is 0 Å². The van der Waals surface area contributed by atoms with E-state index >= 15 is 0 Å². The molecular formula is C14H22N2O2. The van der Waals surface area contributed by atoms with Crippen molar-refractivity contribution < 1.29 is 10.2 Å². The van der Waals surface area contributed by atoms with Crippen molar-refractivity contribution in [2.45, 2.75) is 19.4 Å². The van der Waals surface area contributed by atoms with Gasteiger partial charge >= 0.3 is 0 Å². The van der Waals surface area contributed by atoms with Gasteiger partial charge in [0.25, 0.3) is 0 Å². The number of aliphatic hydroxyl groups is 1. The lowest BCUT2D eigenvalue weighted by Gasteiger charge is -2.29. The molecule has 100 valence electrons. The van der Waals surface area contributed by atoms with Crippen LogP contribution in [0.3, 0.4) is 0 Å². The monoisotopic (exact) mass is 250 g/mol. The lowest BCUT2D eigenvalue weighted by molar-refractivity contribution is 0.105. The van der Waals surface area contributed by atoms with Crippen molar-refractivity contribution in [3.8, 4) is 5.75 Å². The molecule has 0 radical (unpaired) electrons. The molecule has 0 bridgehead atoms. The van der Waals surface area contributed by atoms with Gasteiger partial charge in [-0.25, -0.2) is 0 Å². The fraction of sp³-hybridized carbons (Fsp3) is 0.571. The molecular weight excluding hydrogens is 228 g/mol. The molecule has 0 amide bonds. The van der Waals surface area contributed by atoms with Crippen molar-refractivity contribution in [3.05, 3.63) is 29.3 Å². The summed E-state index contributed by atoms with van der Waals surface area (Å²) in [5.41, 5.74) is 1.96. The van der Waals surface area contributed by atoms with E-state index in [1.165, 1.54) is 0 Å².